The number of aromatic nitrogens is 3. The number of pyridine rings is 1. The van der Waals surface area contributed by atoms with Gasteiger partial charge < -0.3 is 4.74 Å². The lowest BCUT2D eigenvalue weighted by atomic mass is 10.3. The van der Waals surface area contributed by atoms with Gasteiger partial charge in [0, 0.05) is 0 Å². The van der Waals surface area contributed by atoms with Crippen molar-refractivity contribution < 1.29 is 9.53 Å². The minimum atomic E-state index is -0.412. The maximum absolute atomic E-state index is 11.4. The van der Waals surface area contributed by atoms with E-state index in [1.807, 2.05) is 0 Å². The molecule has 2 heterocycles. The number of halogens is 1. The van der Waals surface area contributed by atoms with E-state index in [0.29, 0.717) is 23.0 Å². The van der Waals surface area contributed by atoms with Gasteiger partial charge in [0.25, 0.3) is 0 Å². The number of hydrogen-bond donors (Lipinski definition) is 0. The lowest BCUT2D eigenvalue weighted by Crippen LogP contribution is -2.05. The van der Waals surface area contributed by atoms with Crippen LogP contribution in [0.15, 0.2) is 18.5 Å². The van der Waals surface area contributed by atoms with Crippen LogP contribution in [0.3, 0.4) is 0 Å². The van der Waals surface area contributed by atoms with Crippen LogP contribution in [-0.2, 0) is 4.74 Å². The molecule has 0 saturated heterocycles. The molecule has 2 aromatic rings. The summed E-state index contributed by atoms with van der Waals surface area (Å²) >= 11 is 5.90. The summed E-state index contributed by atoms with van der Waals surface area (Å²) in [5.74, 6) is -0.412. The number of nitrogens with zero attached hydrogens (tertiary/aromatic N) is 3. The fourth-order valence-corrected chi connectivity index (χ4v) is 1.46. The van der Waals surface area contributed by atoms with Crippen molar-refractivity contribution in [2.24, 2.45) is 0 Å². The van der Waals surface area contributed by atoms with Gasteiger partial charge in [0.1, 0.15) is 11.5 Å². The summed E-state index contributed by atoms with van der Waals surface area (Å²) in [6, 6.07) is 3.08. The highest BCUT2D eigenvalue weighted by Crippen LogP contribution is 2.14. The minimum absolute atomic E-state index is 0.327. The number of carbonyl (C=O) groups is 1. The van der Waals surface area contributed by atoms with Gasteiger partial charge in [0.05, 0.1) is 12.2 Å². The van der Waals surface area contributed by atoms with Crippen LogP contribution in [-0.4, -0.2) is 27.2 Å². The molecule has 0 spiro atoms. The fourth-order valence-electron chi connectivity index (χ4n) is 1.22. The van der Waals surface area contributed by atoms with Crippen molar-refractivity contribution in [3.05, 3.63) is 29.2 Å². The first-order valence-corrected chi connectivity index (χ1v) is 4.76. The molecule has 0 aliphatic rings. The Labute approximate surface area is 90.6 Å². The van der Waals surface area contributed by atoms with E-state index < -0.39 is 5.97 Å². The molecule has 0 bridgehead atoms. The molecule has 0 aliphatic heterocycles. The summed E-state index contributed by atoms with van der Waals surface area (Å²) in [7, 11) is 0. The van der Waals surface area contributed by atoms with E-state index in [1.165, 1.54) is 16.9 Å². The summed E-state index contributed by atoms with van der Waals surface area (Å²) < 4.78 is 6.29. The van der Waals surface area contributed by atoms with Gasteiger partial charge in [-0.1, -0.05) is 11.6 Å². The molecule has 0 amide bonds. The number of rotatable bonds is 2. The Morgan fingerprint density at radius 2 is 2.40 bits per heavy atom. The van der Waals surface area contributed by atoms with Crippen LogP contribution in [0, 0.1) is 0 Å². The molecule has 5 nitrogen and oxygen atoms in total. The Morgan fingerprint density at radius 1 is 1.60 bits per heavy atom. The Hall–Kier alpha value is -1.62. The van der Waals surface area contributed by atoms with Crippen LogP contribution in [0.2, 0.25) is 5.15 Å². The third kappa shape index (κ3) is 1.78. The van der Waals surface area contributed by atoms with Crippen molar-refractivity contribution in [3.8, 4) is 0 Å². The summed E-state index contributed by atoms with van der Waals surface area (Å²) in [5, 5.41) is 4.21. The van der Waals surface area contributed by atoms with E-state index in [0.717, 1.165) is 0 Å². The Morgan fingerprint density at radius 3 is 3.13 bits per heavy atom. The fraction of sp³-hybridized carbons (Fsp3) is 0.222. The van der Waals surface area contributed by atoms with Crippen molar-refractivity contribution >= 4 is 23.2 Å². The highest BCUT2D eigenvalue weighted by molar-refractivity contribution is 6.30. The third-order valence-electron chi connectivity index (χ3n) is 1.85. The molecule has 0 saturated carbocycles. The zero-order chi connectivity index (χ0) is 10.8. The van der Waals surface area contributed by atoms with Gasteiger partial charge >= 0.3 is 5.97 Å². The standard InChI is InChI=1S/C9H8ClN3O2/c1-2-15-9(14)6-3-7(10)13-8(4-6)11-5-12-13/h3-5H,2H2,1H3. The number of esters is 1. The van der Waals surface area contributed by atoms with Gasteiger partial charge in [0.15, 0.2) is 5.65 Å². The van der Waals surface area contributed by atoms with Gasteiger partial charge in [-0.3, -0.25) is 0 Å². The normalized spacial score (nSPS) is 10.5. The first-order valence-electron chi connectivity index (χ1n) is 4.38. The summed E-state index contributed by atoms with van der Waals surface area (Å²) in [6.45, 7) is 2.07. The molecule has 0 aliphatic carbocycles. The molecular formula is C9H8ClN3O2. The average molecular weight is 226 g/mol. The van der Waals surface area contributed by atoms with Crippen LogP contribution in [0.4, 0.5) is 0 Å². The van der Waals surface area contributed by atoms with Gasteiger partial charge in [-0.15, -0.1) is 0 Å². The van der Waals surface area contributed by atoms with Crippen molar-refractivity contribution in [2.75, 3.05) is 6.61 Å². The summed E-state index contributed by atoms with van der Waals surface area (Å²) in [4.78, 5) is 15.4. The first kappa shape index (κ1) is 9.92. The predicted molar refractivity (Wildman–Crippen MR) is 54.0 cm³/mol. The number of carbonyl (C=O) groups excluding carboxylic acids is 1. The second kappa shape index (κ2) is 3.86. The highest BCUT2D eigenvalue weighted by Gasteiger charge is 2.10. The molecule has 0 atom stereocenters. The quantitative estimate of drug-likeness (QED) is 0.575. The Bertz CT molecular complexity index is 509. The third-order valence-corrected chi connectivity index (χ3v) is 2.12. The van der Waals surface area contributed by atoms with E-state index in [9.17, 15) is 4.79 Å². The molecule has 0 aromatic carbocycles. The molecule has 2 rings (SSSR count). The second-order valence-corrected chi connectivity index (χ2v) is 3.20. The molecule has 0 unspecified atom stereocenters. The average Bonchev–Trinajstić information content (AvgIpc) is 2.66. The van der Waals surface area contributed by atoms with E-state index in [4.69, 9.17) is 16.3 Å². The highest BCUT2D eigenvalue weighted by atomic mass is 35.5. The van der Waals surface area contributed by atoms with Crippen LogP contribution >= 0.6 is 11.6 Å². The maximum atomic E-state index is 11.4. The number of ether oxygens (including phenoxy) is 1. The minimum Gasteiger partial charge on any atom is -0.462 e. The molecule has 78 valence electrons. The molecule has 15 heavy (non-hydrogen) atoms. The summed E-state index contributed by atoms with van der Waals surface area (Å²) in [6.07, 6.45) is 1.37. The van der Waals surface area contributed by atoms with E-state index in [2.05, 4.69) is 10.1 Å². The van der Waals surface area contributed by atoms with Crippen LogP contribution in [0.5, 0.6) is 0 Å². The molecule has 6 heteroatoms. The van der Waals surface area contributed by atoms with Crippen LogP contribution < -0.4 is 0 Å². The lowest BCUT2D eigenvalue weighted by molar-refractivity contribution is 0.0526. The summed E-state index contributed by atoms with van der Waals surface area (Å²) in [5.41, 5.74) is 0.896. The molecule has 0 radical (unpaired) electrons. The molecule has 2 aromatic heterocycles. The van der Waals surface area contributed by atoms with Crippen LogP contribution in [0.1, 0.15) is 17.3 Å². The second-order valence-electron chi connectivity index (χ2n) is 2.82. The van der Waals surface area contributed by atoms with Gasteiger partial charge in [-0.25, -0.2) is 14.3 Å². The number of fused-ring (bicyclic) bond motifs is 1. The zero-order valence-electron chi connectivity index (χ0n) is 7.98. The smallest absolute Gasteiger partial charge is 0.338 e. The van der Waals surface area contributed by atoms with E-state index >= 15 is 0 Å². The van der Waals surface area contributed by atoms with Crippen molar-refractivity contribution in [1.29, 1.82) is 0 Å². The molecule has 0 fully saturated rings. The van der Waals surface area contributed by atoms with Gasteiger partial charge in [-0.2, -0.15) is 5.10 Å². The van der Waals surface area contributed by atoms with Crippen molar-refractivity contribution in [3.63, 3.8) is 0 Å². The van der Waals surface area contributed by atoms with E-state index in [1.54, 1.807) is 13.0 Å². The lowest BCUT2D eigenvalue weighted by Gasteiger charge is -2.02. The SMILES string of the molecule is CCOC(=O)c1cc(Cl)n2ncnc2c1. The zero-order valence-corrected chi connectivity index (χ0v) is 8.73. The molecular weight excluding hydrogens is 218 g/mol. The Kier molecular flexibility index (Phi) is 2.55. The molecule has 0 N–H and O–H groups in total. The topological polar surface area (TPSA) is 56.5 Å². The first-order chi connectivity index (χ1) is 7.22. The van der Waals surface area contributed by atoms with Crippen molar-refractivity contribution in [1.82, 2.24) is 14.6 Å². The number of hydrogen-bond acceptors (Lipinski definition) is 4. The monoisotopic (exact) mass is 225 g/mol. The van der Waals surface area contributed by atoms with Crippen LogP contribution in [0.25, 0.3) is 5.65 Å². The maximum Gasteiger partial charge on any atom is 0.338 e. The largest absolute Gasteiger partial charge is 0.462 e. The Balaban J connectivity index is 2.49. The van der Waals surface area contributed by atoms with Gasteiger partial charge in [0.2, 0.25) is 0 Å². The van der Waals surface area contributed by atoms with E-state index in [-0.39, 0.29) is 0 Å². The predicted octanol–water partition coefficient (Wildman–Crippen LogP) is 1.56. The van der Waals surface area contributed by atoms with Crippen molar-refractivity contribution in [2.45, 2.75) is 6.92 Å². The van der Waals surface area contributed by atoms with Gasteiger partial charge in [-0.05, 0) is 19.1 Å².